The van der Waals surface area contributed by atoms with Gasteiger partial charge < -0.3 is 16.0 Å². The van der Waals surface area contributed by atoms with Crippen LogP contribution in [0, 0.1) is 0 Å². The Morgan fingerprint density at radius 1 is 0.833 bits per heavy atom. The van der Waals surface area contributed by atoms with Crippen molar-refractivity contribution < 1.29 is 9.59 Å². The van der Waals surface area contributed by atoms with Crippen LogP contribution >= 0.6 is 0 Å². The van der Waals surface area contributed by atoms with E-state index in [9.17, 15) is 9.59 Å². The minimum absolute atomic E-state index is 0.0574. The van der Waals surface area contributed by atoms with Crippen molar-refractivity contribution in [1.82, 2.24) is 10.6 Å². The fourth-order valence-electron chi connectivity index (χ4n) is 3.41. The third kappa shape index (κ3) is 5.26. The summed E-state index contributed by atoms with van der Waals surface area (Å²) < 4.78 is 0. The molecule has 3 amide bonds. The standard InChI is InChI=1S/C25H25N3O2/c29-24(20-12-7-13-22(16-20)28-25(30)27-21-14-15-21)26-17-23(18-8-3-1-4-9-18)19-10-5-2-6-11-19/h1-13,16,21,23H,14-15,17H2,(H,26,29)(H2,27,28,30). The third-order valence-electron chi connectivity index (χ3n) is 5.17. The largest absolute Gasteiger partial charge is 0.351 e. The number of amides is 3. The maximum atomic E-state index is 12.8. The van der Waals surface area contributed by atoms with Gasteiger partial charge in [0, 0.05) is 29.8 Å². The van der Waals surface area contributed by atoms with Crippen LogP contribution < -0.4 is 16.0 Å². The zero-order valence-electron chi connectivity index (χ0n) is 16.7. The summed E-state index contributed by atoms with van der Waals surface area (Å²) in [6.07, 6.45) is 2.06. The average Bonchev–Trinajstić information content (AvgIpc) is 3.59. The maximum absolute atomic E-state index is 12.8. The Balaban J connectivity index is 1.43. The lowest BCUT2D eigenvalue weighted by atomic mass is 9.91. The minimum atomic E-state index is -0.233. The Hall–Kier alpha value is -3.60. The molecule has 5 nitrogen and oxygen atoms in total. The van der Waals surface area contributed by atoms with E-state index >= 15 is 0 Å². The van der Waals surface area contributed by atoms with Crippen molar-refractivity contribution in [3.8, 4) is 0 Å². The molecule has 3 aromatic carbocycles. The quantitative estimate of drug-likeness (QED) is 0.546. The zero-order chi connectivity index (χ0) is 20.8. The zero-order valence-corrected chi connectivity index (χ0v) is 16.7. The number of rotatable bonds is 7. The van der Waals surface area contributed by atoms with Crippen LogP contribution in [-0.2, 0) is 0 Å². The van der Waals surface area contributed by atoms with Crippen molar-refractivity contribution in [2.75, 3.05) is 11.9 Å². The molecule has 4 rings (SSSR count). The Morgan fingerprint density at radius 3 is 2.07 bits per heavy atom. The van der Waals surface area contributed by atoms with E-state index in [-0.39, 0.29) is 23.9 Å². The molecule has 0 heterocycles. The number of benzene rings is 3. The first-order valence-corrected chi connectivity index (χ1v) is 10.2. The summed E-state index contributed by atoms with van der Waals surface area (Å²) >= 11 is 0. The normalized spacial score (nSPS) is 13.0. The fraction of sp³-hybridized carbons (Fsp3) is 0.200. The van der Waals surface area contributed by atoms with Gasteiger partial charge in [-0.2, -0.15) is 0 Å². The number of hydrogen-bond acceptors (Lipinski definition) is 2. The topological polar surface area (TPSA) is 70.2 Å². The van der Waals surface area contributed by atoms with Crippen LogP contribution in [0.25, 0.3) is 0 Å². The molecule has 0 aromatic heterocycles. The fourth-order valence-corrected chi connectivity index (χ4v) is 3.41. The molecule has 30 heavy (non-hydrogen) atoms. The van der Waals surface area contributed by atoms with Gasteiger partial charge in [-0.25, -0.2) is 4.79 Å². The van der Waals surface area contributed by atoms with Crippen LogP contribution in [0.4, 0.5) is 10.5 Å². The molecule has 1 fully saturated rings. The first-order valence-electron chi connectivity index (χ1n) is 10.2. The van der Waals surface area contributed by atoms with Crippen molar-refractivity contribution in [3.63, 3.8) is 0 Å². The summed E-state index contributed by atoms with van der Waals surface area (Å²) in [6, 6.07) is 27.4. The monoisotopic (exact) mass is 399 g/mol. The van der Waals surface area contributed by atoms with Crippen LogP contribution in [0.3, 0.4) is 0 Å². The summed E-state index contributed by atoms with van der Waals surface area (Å²) in [5.41, 5.74) is 3.41. The highest BCUT2D eigenvalue weighted by Crippen LogP contribution is 2.24. The van der Waals surface area contributed by atoms with E-state index in [1.165, 1.54) is 0 Å². The number of hydrogen-bond donors (Lipinski definition) is 3. The highest BCUT2D eigenvalue weighted by molar-refractivity contribution is 5.97. The summed E-state index contributed by atoms with van der Waals surface area (Å²) in [4.78, 5) is 24.7. The van der Waals surface area contributed by atoms with Crippen LogP contribution in [0.5, 0.6) is 0 Å². The van der Waals surface area contributed by atoms with Crippen molar-refractivity contribution in [3.05, 3.63) is 102 Å². The van der Waals surface area contributed by atoms with E-state index in [1.807, 2.05) is 36.4 Å². The summed E-state index contributed by atoms with van der Waals surface area (Å²) in [7, 11) is 0. The van der Waals surface area contributed by atoms with Crippen LogP contribution in [0.1, 0.15) is 40.2 Å². The molecule has 152 valence electrons. The Labute approximate surface area is 176 Å². The van der Waals surface area contributed by atoms with Crippen molar-refractivity contribution in [2.45, 2.75) is 24.8 Å². The summed E-state index contributed by atoms with van der Waals surface area (Å²) in [6.45, 7) is 0.479. The molecule has 5 heteroatoms. The Morgan fingerprint density at radius 2 is 1.47 bits per heavy atom. The Bertz CT molecular complexity index is 962. The molecular formula is C25H25N3O2. The smallest absolute Gasteiger partial charge is 0.319 e. The molecular weight excluding hydrogens is 374 g/mol. The van der Waals surface area contributed by atoms with E-state index in [1.54, 1.807) is 24.3 Å². The molecule has 0 unspecified atom stereocenters. The highest BCUT2D eigenvalue weighted by Gasteiger charge is 2.23. The van der Waals surface area contributed by atoms with Crippen LogP contribution in [0.2, 0.25) is 0 Å². The predicted molar refractivity (Wildman–Crippen MR) is 119 cm³/mol. The van der Waals surface area contributed by atoms with Crippen molar-refractivity contribution >= 4 is 17.6 Å². The SMILES string of the molecule is O=C(Nc1cccc(C(=O)NCC(c2ccccc2)c2ccccc2)c1)NC1CC1. The summed E-state index contributed by atoms with van der Waals surface area (Å²) in [5, 5.41) is 8.72. The van der Waals surface area contributed by atoms with E-state index < -0.39 is 0 Å². The lowest BCUT2D eigenvalue weighted by Gasteiger charge is -2.19. The molecule has 1 aliphatic rings. The molecule has 1 saturated carbocycles. The van der Waals surface area contributed by atoms with Gasteiger partial charge in [0.1, 0.15) is 0 Å². The van der Waals surface area contributed by atoms with Gasteiger partial charge in [-0.15, -0.1) is 0 Å². The lowest BCUT2D eigenvalue weighted by Crippen LogP contribution is -2.31. The van der Waals surface area contributed by atoms with Crippen molar-refractivity contribution in [2.24, 2.45) is 0 Å². The van der Waals surface area contributed by atoms with Gasteiger partial charge in [0.25, 0.3) is 5.91 Å². The maximum Gasteiger partial charge on any atom is 0.319 e. The molecule has 3 N–H and O–H groups in total. The first-order chi connectivity index (χ1) is 14.7. The second-order valence-electron chi connectivity index (χ2n) is 7.54. The molecule has 0 atom stereocenters. The van der Waals surface area contributed by atoms with E-state index in [0.717, 1.165) is 24.0 Å². The molecule has 0 spiro atoms. The second kappa shape index (κ2) is 9.27. The number of carbonyl (C=O) groups is 2. The van der Waals surface area contributed by atoms with Gasteiger partial charge in [-0.3, -0.25) is 4.79 Å². The lowest BCUT2D eigenvalue weighted by molar-refractivity contribution is 0.0952. The molecule has 1 aliphatic carbocycles. The Kier molecular flexibility index (Phi) is 6.09. The van der Waals surface area contributed by atoms with Gasteiger partial charge in [-0.1, -0.05) is 66.7 Å². The van der Waals surface area contributed by atoms with Gasteiger partial charge in [-0.05, 0) is 42.2 Å². The third-order valence-corrected chi connectivity index (χ3v) is 5.17. The summed E-state index contributed by atoms with van der Waals surface area (Å²) in [5.74, 6) is -0.111. The second-order valence-corrected chi connectivity index (χ2v) is 7.54. The van der Waals surface area contributed by atoms with Gasteiger partial charge in [0.15, 0.2) is 0 Å². The van der Waals surface area contributed by atoms with E-state index in [0.29, 0.717) is 17.8 Å². The number of anilines is 1. The van der Waals surface area contributed by atoms with Crippen molar-refractivity contribution in [1.29, 1.82) is 0 Å². The van der Waals surface area contributed by atoms with Crippen LogP contribution in [0.15, 0.2) is 84.9 Å². The number of nitrogens with one attached hydrogen (secondary N) is 3. The molecule has 0 bridgehead atoms. The van der Waals surface area contributed by atoms with Gasteiger partial charge in [0.05, 0.1) is 0 Å². The minimum Gasteiger partial charge on any atom is -0.351 e. The van der Waals surface area contributed by atoms with Crippen LogP contribution in [-0.4, -0.2) is 24.5 Å². The van der Waals surface area contributed by atoms with Gasteiger partial charge >= 0.3 is 6.03 Å². The molecule has 3 aromatic rings. The molecule has 0 saturated heterocycles. The predicted octanol–water partition coefficient (Wildman–Crippen LogP) is 4.53. The highest BCUT2D eigenvalue weighted by atomic mass is 16.2. The number of carbonyl (C=O) groups excluding carboxylic acids is 2. The van der Waals surface area contributed by atoms with Gasteiger partial charge in [0.2, 0.25) is 0 Å². The number of urea groups is 1. The molecule has 0 radical (unpaired) electrons. The van der Waals surface area contributed by atoms with E-state index in [2.05, 4.69) is 40.2 Å². The van der Waals surface area contributed by atoms with E-state index in [4.69, 9.17) is 0 Å². The molecule has 0 aliphatic heterocycles. The average molecular weight is 399 g/mol. The first kappa shape index (κ1) is 19.7.